The molecule has 0 aromatic heterocycles. The van der Waals surface area contributed by atoms with Crippen molar-refractivity contribution in [1.29, 1.82) is 0 Å². The summed E-state index contributed by atoms with van der Waals surface area (Å²) in [7, 11) is 3.35. The van der Waals surface area contributed by atoms with Crippen LogP contribution in [0.15, 0.2) is 48.5 Å². The smallest absolute Gasteiger partial charge is 0.255 e. The third kappa shape index (κ3) is 4.82. The van der Waals surface area contributed by atoms with Crippen molar-refractivity contribution in [2.45, 2.75) is 51.0 Å². The van der Waals surface area contributed by atoms with Crippen molar-refractivity contribution in [2.75, 3.05) is 27.4 Å². The Kier molecular flexibility index (Phi) is 6.61. The lowest BCUT2D eigenvalue weighted by atomic mass is 10.1. The molecule has 0 N–H and O–H groups in total. The zero-order chi connectivity index (χ0) is 24.7. The number of hydrogen-bond donors (Lipinski definition) is 0. The predicted octanol–water partition coefficient (Wildman–Crippen LogP) is 2.70. The van der Waals surface area contributed by atoms with Gasteiger partial charge in [0.25, 0.3) is 11.8 Å². The summed E-state index contributed by atoms with van der Waals surface area (Å²) in [4.78, 5) is 28.6. The molecule has 186 valence electrons. The van der Waals surface area contributed by atoms with Gasteiger partial charge >= 0.3 is 0 Å². The minimum absolute atomic E-state index is 0.145. The Labute approximate surface area is 204 Å². The maximum Gasteiger partial charge on any atom is 0.255 e. The van der Waals surface area contributed by atoms with E-state index in [1.165, 1.54) is 9.80 Å². The highest BCUT2D eigenvalue weighted by Gasteiger charge is 2.55. The fourth-order valence-electron chi connectivity index (χ4n) is 4.55. The second kappa shape index (κ2) is 9.67. The number of ether oxygens (including phenoxy) is 5. The molecule has 0 spiro atoms. The number of benzene rings is 2. The first-order chi connectivity index (χ1) is 16.8. The van der Waals surface area contributed by atoms with Gasteiger partial charge in [-0.1, -0.05) is 29.8 Å². The van der Waals surface area contributed by atoms with Crippen molar-refractivity contribution in [3.63, 3.8) is 0 Å². The van der Waals surface area contributed by atoms with Crippen LogP contribution in [0.3, 0.4) is 0 Å². The number of carbonyl (C=O) groups excluding carboxylic acids is 2. The number of fused-ring (bicyclic) bond motifs is 3. The number of aryl methyl sites for hydroxylation is 1. The van der Waals surface area contributed by atoms with Crippen LogP contribution >= 0.6 is 0 Å². The van der Waals surface area contributed by atoms with Crippen molar-refractivity contribution in [3.8, 4) is 0 Å². The molecular weight excluding hydrogens is 452 g/mol. The van der Waals surface area contributed by atoms with E-state index in [1.54, 1.807) is 50.5 Å². The van der Waals surface area contributed by atoms with Gasteiger partial charge in [0.05, 0.1) is 13.3 Å². The Morgan fingerprint density at radius 1 is 0.829 bits per heavy atom. The summed E-state index contributed by atoms with van der Waals surface area (Å²) in [5.41, 5.74) is 2.95. The molecule has 0 radical (unpaired) electrons. The van der Waals surface area contributed by atoms with E-state index in [1.807, 2.05) is 26.0 Å². The average molecular weight is 483 g/mol. The first-order valence-corrected chi connectivity index (χ1v) is 11.7. The Balaban J connectivity index is 1.18. The van der Waals surface area contributed by atoms with Crippen molar-refractivity contribution in [1.82, 2.24) is 9.80 Å². The van der Waals surface area contributed by atoms with Gasteiger partial charge in [0.15, 0.2) is 18.9 Å². The van der Waals surface area contributed by atoms with Gasteiger partial charge in [0, 0.05) is 30.8 Å². The van der Waals surface area contributed by atoms with Gasteiger partial charge in [-0.2, -0.15) is 0 Å². The maximum atomic E-state index is 12.9. The van der Waals surface area contributed by atoms with E-state index in [0.29, 0.717) is 17.7 Å². The molecular formula is C26H30N2O7. The molecule has 3 aliphatic rings. The zero-order valence-electron chi connectivity index (χ0n) is 20.2. The van der Waals surface area contributed by atoms with Gasteiger partial charge in [-0.3, -0.25) is 9.59 Å². The standard InChI is InChI=1S/C26H30N2O7/c1-15-5-7-17(8-6-15)23(29)27(3)14-28(4)24(30)18-9-11-19(12-10-18)25-34-22-21-20(33-26(22)35-25)13-31-16(2)32-21/h5-12,16,20-22,25-26H,13-14H2,1-4H3. The van der Waals surface area contributed by atoms with Gasteiger partial charge in [-0.15, -0.1) is 0 Å². The van der Waals surface area contributed by atoms with Crippen LogP contribution in [-0.4, -0.2) is 79.9 Å². The molecule has 9 nitrogen and oxygen atoms in total. The normalized spacial score (nSPS) is 29.4. The Hall–Kier alpha value is -2.82. The molecule has 0 aliphatic carbocycles. The molecule has 3 aliphatic heterocycles. The number of rotatable bonds is 5. The fourth-order valence-corrected chi connectivity index (χ4v) is 4.55. The third-order valence-electron chi connectivity index (χ3n) is 6.50. The minimum atomic E-state index is -0.604. The van der Waals surface area contributed by atoms with Crippen LogP contribution in [0.25, 0.3) is 0 Å². The summed E-state index contributed by atoms with van der Waals surface area (Å²) in [5, 5.41) is 0. The molecule has 6 unspecified atom stereocenters. The van der Waals surface area contributed by atoms with E-state index in [9.17, 15) is 9.59 Å². The molecule has 2 aromatic carbocycles. The molecule has 2 aromatic rings. The quantitative estimate of drug-likeness (QED) is 0.606. The molecule has 3 heterocycles. The SMILES string of the molecule is Cc1ccc(C(=O)N(C)CN(C)C(=O)c2ccc(C3OC4OC5COC(C)OC5C4O3)cc2)cc1. The van der Waals surface area contributed by atoms with Gasteiger partial charge in [0.2, 0.25) is 0 Å². The maximum absolute atomic E-state index is 12.9. The van der Waals surface area contributed by atoms with Crippen molar-refractivity contribution < 1.29 is 33.3 Å². The lowest BCUT2D eigenvalue weighted by molar-refractivity contribution is -0.264. The summed E-state index contributed by atoms with van der Waals surface area (Å²) in [5.74, 6) is -0.338. The molecule has 9 heteroatoms. The second-order valence-corrected chi connectivity index (χ2v) is 9.25. The summed E-state index contributed by atoms with van der Waals surface area (Å²) in [6.07, 6.45) is -2.19. The third-order valence-corrected chi connectivity index (χ3v) is 6.50. The van der Waals surface area contributed by atoms with E-state index < -0.39 is 12.6 Å². The van der Waals surface area contributed by atoms with Crippen molar-refractivity contribution in [2.24, 2.45) is 0 Å². The average Bonchev–Trinajstić information content (AvgIpc) is 3.42. The molecule has 0 saturated carbocycles. The van der Waals surface area contributed by atoms with E-state index in [-0.39, 0.29) is 43.1 Å². The van der Waals surface area contributed by atoms with Crippen LogP contribution in [0.5, 0.6) is 0 Å². The van der Waals surface area contributed by atoms with Crippen molar-refractivity contribution in [3.05, 3.63) is 70.8 Å². The summed E-state index contributed by atoms with van der Waals surface area (Å²) < 4.78 is 29.2. The summed E-state index contributed by atoms with van der Waals surface area (Å²) >= 11 is 0. The minimum Gasteiger partial charge on any atom is -0.350 e. The van der Waals surface area contributed by atoms with Crippen LogP contribution in [0, 0.1) is 6.92 Å². The Morgan fingerprint density at radius 2 is 1.43 bits per heavy atom. The van der Waals surface area contributed by atoms with E-state index in [0.717, 1.165) is 11.1 Å². The second-order valence-electron chi connectivity index (χ2n) is 9.25. The number of hydrogen-bond acceptors (Lipinski definition) is 7. The highest BCUT2D eigenvalue weighted by molar-refractivity contribution is 5.96. The van der Waals surface area contributed by atoms with E-state index >= 15 is 0 Å². The zero-order valence-corrected chi connectivity index (χ0v) is 20.2. The highest BCUT2D eigenvalue weighted by atomic mass is 16.8. The van der Waals surface area contributed by atoms with Gasteiger partial charge in [-0.05, 0) is 38.1 Å². The topological polar surface area (TPSA) is 86.8 Å². The first-order valence-electron chi connectivity index (χ1n) is 11.7. The summed E-state index contributed by atoms with van der Waals surface area (Å²) in [6, 6.07) is 14.4. The van der Waals surface area contributed by atoms with Crippen LogP contribution in [0.4, 0.5) is 0 Å². The lowest BCUT2D eigenvalue weighted by Crippen LogP contribution is -2.45. The molecule has 35 heavy (non-hydrogen) atoms. The number of amides is 2. The lowest BCUT2D eigenvalue weighted by Gasteiger charge is -2.31. The first kappa shape index (κ1) is 23.9. The van der Waals surface area contributed by atoms with Crippen LogP contribution < -0.4 is 0 Å². The molecule has 3 saturated heterocycles. The Bertz CT molecular complexity index is 1070. The molecule has 0 bridgehead atoms. The molecule has 2 amide bonds. The van der Waals surface area contributed by atoms with Gasteiger partial charge < -0.3 is 33.5 Å². The van der Waals surface area contributed by atoms with Crippen LogP contribution in [-0.2, 0) is 23.7 Å². The molecule has 3 fully saturated rings. The number of nitrogens with zero attached hydrogens (tertiary/aromatic N) is 2. The van der Waals surface area contributed by atoms with E-state index in [4.69, 9.17) is 23.7 Å². The molecule has 6 atom stereocenters. The van der Waals surface area contributed by atoms with Crippen molar-refractivity contribution >= 4 is 11.8 Å². The van der Waals surface area contributed by atoms with Gasteiger partial charge in [-0.25, -0.2) is 0 Å². The summed E-state index contributed by atoms with van der Waals surface area (Å²) in [6.45, 7) is 4.43. The highest BCUT2D eigenvalue weighted by Crippen LogP contribution is 2.41. The fraction of sp³-hybridized carbons (Fsp3) is 0.462. The Morgan fingerprint density at radius 3 is 2.06 bits per heavy atom. The largest absolute Gasteiger partial charge is 0.350 e. The van der Waals surface area contributed by atoms with Crippen LogP contribution in [0.1, 0.15) is 45.1 Å². The predicted molar refractivity (Wildman–Crippen MR) is 124 cm³/mol. The molecule has 5 rings (SSSR count). The van der Waals surface area contributed by atoms with Gasteiger partial charge in [0.1, 0.15) is 18.3 Å². The van der Waals surface area contributed by atoms with Crippen LogP contribution in [0.2, 0.25) is 0 Å². The van der Waals surface area contributed by atoms with E-state index in [2.05, 4.69) is 0 Å². The number of carbonyl (C=O) groups is 2. The monoisotopic (exact) mass is 482 g/mol.